The van der Waals surface area contributed by atoms with Crippen LogP contribution in [-0.2, 0) is 16.1 Å². The number of ether oxygens (including phenoxy) is 2. The quantitative estimate of drug-likeness (QED) is 0.758. The topological polar surface area (TPSA) is 47.6 Å². The molecule has 0 radical (unpaired) electrons. The number of nitrogens with one attached hydrogen (secondary N) is 1. The Morgan fingerprint density at radius 3 is 2.94 bits per heavy atom. The molecule has 0 aliphatic carbocycles. The van der Waals surface area contributed by atoms with E-state index in [1.54, 1.807) is 7.11 Å². The highest BCUT2D eigenvalue weighted by Gasteiger charge is 2.29. The molecular formula is C12H15NO3. The molecule has 0 bridgehead atoms. The van der Waals surface area contributed by atoms with Gasteiger partial charge in [0.05, 0.1) is 20.1 Å². The van der Waals surface area contributed by atoms with Gasteiger partial charge < -0.3 is 14.8 Å². The van der Waals surface area contributed by atoms with E-state index in [0.717, 1.165) is 23.4 Å². The highest BCUT2D eigenvalue weighted by Crippen LogP contribution is 2.33. The molecule has 0 spiro atoms. The van der Waals surface area contributed by atoms with E-state index in [0.29, 0.717) is 6.54 Å². The van der Waals surface area contributed by atoms with Crippen molar-refractivity contribution in [1.82, 2.24) is 5.32 Å². The van der Waals surface area contributed by atoms with Gasteiger partial charge in [-0.1, -0.05) is 12.1 Å². The van der Waals surface area contributed by atoms with Crippen LogP contribution in [0.4, 0.5) is 0 Å². The molecule has 4 nitrogen and oxygen atoms in total. The predicted molar refractivity (Wildman–Crippen MR) is 59.5 cm³/mol. The largest absolute Gasteiger partial charge is 0.496 e. The van der Waals surface area contributed by atoms with Crippen LogP contribution >= 0.6 is 0 Å². The fourth-order valence-electron chi connectivity index (χ4n) is 2.11. The molecule has 0 saturated carbocycles. The second-order valence-corrected chi connectivity index (χ2v) is 3.74. The molecule has 1 atom stereocenters. The number of rotatable bonds is 2. The van der Waals surface area contributed by atoms with Gasteiger partial charge in [-0.05, 0) is 11.6 Å². The van der Waals surface area contributed by atoms with Crippen LogP contribution in [0.2, 0.25) is 0 Å². The zero-order chi connectivity index (χ0) is 11.5. The summed E-state index contributed by atoms with van der Waals surface area (Å²) in [4.78, 5) is 11.7. The zero-order valence-corrected chi connectivity index (χ0v) is 9.45. The van der Waals surface area contributed by atoms with Crippen molar-refractivity contribution in [2.75, 3.05) is 20.8 Å². The van der Waals surface area contributed by atoms with E-state index >= 15 is 0 Å². The van der Waals surface area contributed by atoms with Crippen LogP contribution in [0, 0.1) is 0 Å². The second-order valence-electron chi connectivity index (χ2n) is 3.74. The van der Waals surface area contributed by atoms with Crippen molar-refractivity contribution in [1.29, 1.82) is 0 Å². The smallest absolute Gasteiger partial charge is 0.314 e. The number of carbonyl (C=O) groups excluding carboxylic acids is 1. The van der Waals surface area contributed by atoms with E-state index < -0.39 is 0 Å². The molecule has 0 amide bonds. The van der Waals surface area contributed by atoms with Crippen molar-refractivity contribution >= 4 is 5.97 Å². The number of fused-ring (bicyclic) bond motifs is 1. The lowest BCUT2D eigenvalue weighted by molar-refractivity contribution is -0.142. The summed E-state index contributed by atoms with van der Waals surface area (Å²) in [5, 5.41) is 3.20. The van der Waals surface area contributed by atoms with Gasteiger partial charge in [0.25, 0.3) is 0 Å². The first-order chi connectivity index (χ1) is 7.77. The molecule has 1 N–H and O–H groups in total. The highest BCUT2D eigenvalue weighted by molar-refractivity contribution is 5.80. The molecule has 86 valence electrons. The summed E-state index contributed by atoms with van der Waals surface area (Å²) in [6.07, 6.45) is 0. The van der Waals surface area contributed by atoms with Gasteiger partial charge in [-0.15, -0.1) is 0 Å². The zero-order valence-electron chi connectivity index (χ0n) is 9.45. The highest BCUT2D eigenvalue weighted by atomic mass is 16.5. The number of carbonyl (C=O) groups is 1. The summed E-state index contributed by atoms with van der Waals surface area (Å²) < 4.78 is 10.1. The second kappa shape index (κ2) is 4.53. The standard InChI is InChI=1S/C12H15NO3/c1-15-10-5-3-4-8-6-13-7-9(11(8)10)12(14)16-2/h3-5,9,13H,6-7H2,1-2H3. The normalized spacial score (nSPS) is 18.8. The summed E-state index contributed by atoms with van der Waals surface area (Å²) in [6.45, 7) is 1.36. The number of esters is 1. The van der Waals surface area contributed by atoms with Crippen molar-refractivity contribution in [3.8, 4) is 5.75 Å². The van der Waals surface area contributed by atoms with Crippen LogP contribution in [0.15, 0.2) is 18.2 Å². The average Bonchev–Trinajstić information content (AvgIpc) is 2.36. The average molecular weight is 221 g/mol. The molecule has 1 heterocycles. The first-order valence-corrected chi connectivity index (χ1v) is 5.22. The van der Waals surface area contributed by atoms with Crippen LogP contribution < -0.4 is 10.1 Å². The van der Waals surface area contributed by atoms with Gasteiger partial charge in [-0.2, -0.15) is 0 Å². The van der Waals surface area contributed by atoms with E-state index in [2.05, 4.69) is 5.32 Å². The minimum Gasteiger partial charge on any atom is -0.496 e. The number of benzene rings is 1. The van der Waals surface area contributed by atoms with Crippen molar-refractivity contribution in [3.05, 3.63) is 29.3 Å². The SMILES string of the molecule is COC(=O)C1CNCc2cccc(OC)c21. The lowest BCUT2D eigenvalue weighted by Crippen LogP contribution is -2.33. The van der Waals surface area contributed by atoms with Crippen molar-refractivity contribution in [2.24, 2.45) is 0 Å². The van der Waals surface area contributed by atoms with E-state index in [1.165, 1.54) is 7.11 Å². The number of methoxy groups -OCH3 is 2. The van der Waals surface area contributed by atoms with E-state index in [4.69, 9.17) is 9.47 Å². The van der Waals surface area contributed by atoms with Crippen molar-refractivity contribution in [3.63, 3.8) is 0 Å². The molecule has 0 aromatic heterocycles. The molecule has 4 heteroatoms. The van der Waals surface area contributed by atoms with Gasteiger partial charge in [-0.25, -0.2) is 0 Å². The molecule has 16 heavy (non-hydrogen) atoms. The Morgan fingerprint density at radius 2 is 2.25 bits per heavy atom. The summed E-state index contributed by atoms with van der Waals surface area (Å²) in [6, 6.07) is 5.80. The summed E-state index contributed by atoms with van der Waals surface area (Å²) in [5.41, 5.74) is 2.05. The molecule has 1 aliphatic heterocycles. The van der Waals surface area contributed by atoms with E-state index in [1.807, 2.05) is 18.2 Å². The Balaban J connectivity index is 2.46. The maximum atomic E-state index is 11.7. The first kappa shape index (κ1) is 11.0. The third kappa shape index (κ3) is 1.76. The lowest BCUT2D eigenvalue weighted by Gasteiger charge is -2.26. The molecular weight excluding hydrogens is 206 g/mol. The molecule has 1 aliphatic rings. The Bertz CT molecular complexity index is 389. The number of hydrogen-bond acceptors (Lipinski definition) is 4. The Morgan fingerprint density at radius 1 is 1.44 bits per heavy atom. The third-order valence-electron chi connectivity index (χ3n) is 2.87. The van der Waals surface area contributed by atoms with Gasteiger partial charge in [0.2, 0.25) is 0 Å². The van der Waals surface area contributed by atoms with Gasteiger partial charge >= 0.3 is 5.97 Å². The van der Waals surface area contributed by atoms with Crippen LogP contribution in [0.25, 0.3) is 0 Å². The minimum absolute atomic E-state index is 0.224. The molecule has 1 unspecified atom stereocenters. The molecule has 0 fully saturated rings. The third-order valence-corrected chi connectivity index (χ3v) is 2.87. The van der Waals surface area contributed by atoms with Gasteiger partial charge in [0, 0.05) is 18.7 Å². The summed E-state index contributed by atoms with van der Waals surface area (Å²) in [5.74, 6) is 0.261. The maximum Gasteiger partial charge on any atom is 0.314 e. The fraction of sp³-hybridized carbons (Fsp3) is 0.417. The van der Waals surface area contributed by atoms with E-state index in [9.17, 15) is 4.79 Å². The first-order valence-electron chi connectivity index (χ1n) is 5.22. The summed E-state index contributed by atoms with van der Waals surface area (Å²) in [7, 11) is 3.03. The van der Waals surface area contributed by atoms with Crippen LogP contribution in [0.3, 0.4) is 0 Å². The Kier molecular flexibility index (Phi) is 3.10. The van der Waals surface area contributed by atoms with Crippen molar-refractivity contribution in [2.45, 2.75) is 12.5 Å². The molecule has 1 aromatic rings. The monoisotopic (exact) mass is 221 g/mol. The lowest BCUT2D eigenvalue weighted by atomic mass is 9.90. The van der Waals surface area contributed by atoms with Crippen molar-refractivity contribution < 1.29 is 14.3 Å². The van der Waals surface area contributed by atoms with Gasteiger partial charge in [0.15, 0.2) is 0 Å². The number of hydrogen-bond donors (Lipinski definition) is 1. The molecule has 1 aromatic carbocycles. The van der Waals surface area contributed by atoms with Gasteiger partial charge in [0.1, 0.15) is 5.75 Å². The predicted octanol–water partition coefficient (Wildman–Crippen LogP) is 1.05. The van der Waals surface area contributed by atoms with Crippen LogP contribution in [0.5, 0.6) is 5.75 Å². The van der Waals surface area contributed by atoms with Crippen LogP contribution in [-0.4, -0.2) is 26.7 Å². The Labute approximate surface area is 94.6 Å². The van der Waals surface area contributed by atoms with E-state index in [-0.39, 0.29) is 11.9 Å². The fourth-order valence-corrected chi connectivity index (χ4v) is 2.11. The maximum absolute atomic E-state index is 11.7. The van der Waals surface area contributed by atoms with Crippen LogP contribution in [0.1, 0.15) is 17.0 Å². The molecule has 0 saturated heterocycles. The minimum atomic E-state index is -0.273. The Hall–Kier alpha value is -1.55. The summed E-state index contributed by atoms with van der Waals surface area (Å²) >= 11 is 0. The van der Waals surface area contributed by atoms with Gasteiger partial charge in [-0.3, -0.25) is 4.79 Å². The molecule has 2 rings (SSSR count).